The van der Waals surface area contributed by atoms with Gasteiger partial charge in [-0.2, -0.15) is 0 Å². The Morgan fingerprint density at radius 2 is 1.81 bits per heavy atom. The summed E-state index contributed by atoms with van der Waals surface area (Å²) in [5.41, 5.74) is 3.27. The Bertz CT molecular complexity index is 742. The molecule has 1 heterocycles. The number of carboxylic acids is 1. The van der Waals surface area contributed by atoms with Crippen LogP contribution in [0.4, 0.5) is 0 Å². The van der Waals surface area contributed by atoms with Crippen molar-refractivity contribution in [3.63, 3.8) is 0 Å². The van der Waals surface area contributed by atoms with Gasteiger partial charge in [-0.05, 0) is 34.9 Å². The van der Waals surface area contributed by atoms with Crippen LogP contribution in [0.1, 0.15) is 27.0 Å². The van der Waals surface area contributed by atoms with E-state index in [0.717, 1.165) is 16.7 Å². The Labute approximate surface area is 121 Å². The Morgan fingerprint density at radius 3 is 2.52 bits per heavy atom. The van der Waals surface area contributed by atoms with Crippen LogP contribution in [0.25, 0.3) is 11.6 Å². The minimum Gasteiger partial charge on any atom is -0.478 e. The zero-order valence-corrected chi connectivity index (χ0v) is 11.1. The average Bonchev–Trinajstić information content (AvgIpc) is 2.51. The maximum Gasteiger partial charge on any atom is 0.339 e. The second-order valence-corrected chi connectivity index (χ2v) is 4.72. The van der Waals surface area contributed by atoms with Crippen molar-refractivity contribution in [2.45, 2.75) is 6.61 Å². The molecule has 1 aliphatic rings. The van der Waals surface area contributed by atoms with Gasteiger partial charge in [0.2, 0.25) is 0 Å². The van der Waals surface area contributed by atoms with Crippen molar-refractivity contribution >= 4 is 23.6 Å². The first kappa shape index (κ1) is 13.1. The lowest BCUT2D eigenvalue weighted by molar-refractivity contribution is -0.138. The van der Waals surface area contributed by atoms with Crippen LogP contribution < -0.4 is 0 Å². The molecule has 21 heavy (non-hydrogen) atoms. The van der Waals surface area contributed by atoms with Crippen molar-refractivity contribution in [2.24, 2.45) is 0 Å². The van der Waals surface area contributed by atoms with E-state index in [1.54, 1.807) is 18.2 Å². The van der Waals surface area contributed by atoms with E-state index >= 15 is 0 Å². The summed E-state index contributed by atoms with van der Waals surface area (Å²) in [7, 11) is 0. The van der Waals surface area contributed by atoms with E-state index in [0.29, 0.717) is 5.57 Å². The summed E-state index contributed by atoms with van der Waals surface area (Å²) in [6.45, 7) is 0.282. The molecular weight excluding hydrogens is 268 g/mol. The molecule has 0 saturated heterocycles. The first-order valence-electron chi connectivity index (χ1n) is 6.45. The van der Waals surface area contributed by atoms with Crippen LogP contribution in [0, 0.1) is 0 Å². The van der Waals surface area contributed by atoms with Crippen LogP contribution in [0.3, 0.4) is 0 Å². The second kappa shape index (κ2) is 5.25. The van der Waals surface area contributed by atoms with Gasteiger partial charge >= 0.3 is 11.9 Å². The number of carbonyl (C=O) groups excluding carboxylic acids is 1. The third kappa shape index (κ3) is 2.56. The predicted octanol–water partition coefficient (Wildman–Crippen LogP) is 2.98. The number of esters is 1. The summed E-state index contributed by atoms with van der Waals surface area (Å²) in [6, 6.07) is 13.9. The Hall–Kier alpha value is -2.88. The molecule has 0 fully saturated rings. The van der Waals surface area contributed by atoms with E-state index in [-0.39, 0.29) is 18.1 Å². The number of hydrogen-bond donors (Lipinski definition) is 1. The lowest BCUT2D eigenvalue weighted by Crippen LogP contribution is -2.15. The van der Waals surface area contributed by atoms with Gasteiger partial charge in [0.1, 0.15) is 6.61 Å². The average molecular weight is 280 g/mol. The lowest BCUT2D eigenvalue weighted by Gasteiger charge is -2.18. The number of benzene rings is 2. The number of fused-ring (bicyclic) bond motifs is 1. The van der Waals surface area contributed by atoms with E-state index in [9.17, 15) is 9.59 Å². The largest absolute Gasteiger partial charge is 0.478 e. The van der Waals surface area contributed by atoms with Crippen LogP contribution in [0.2, 0.25) is 0 Å². The van der Waals surface area contributed by atoms with Crippen molar-refractivity contribution in [3.05, 3.63) is 70.8 Å². The van der Waals surface area contributed by atoms with Crippen LogP contribution in [0.5, 0.6) is 0 Å². The first-order chi connectivity index (χ1) is 10.1. The molecule has 0 aliphatic carbocycles. The van der Waals surface area contributed by atoms with Gasteiger partial charge in [-0.15, -0.1) is 0 Å². The number of aromatic carboxylic acids is 1. The molecule has 4 heteroatoms. The molecule has 0 bridgehead atoms. The monoisotopic (exact) mass is 280 g/mol. The fourth-order valence-corrected chi connectivity index (χ4v) is 2.27. The van der Waals surface area contributed by atoms with Gasteiger partial charge in [0.05, 0.1) is 11.1 Å². The maximum absolute atomic E-state index is 12.0. The van der Waals surface area contributed by atoms with Gasteiger partial charge in [0, 0.05) is 0 Å². The molecule has 2 aromatic carbocycles. The smallest absolute Gasteiger partial charge is 0.339 e. The van der Waals surface area contributed by atoms with Gasteiger partial charge in [-0.25, -0.2) is 9.59 Å². The zero-order valence-electron chi connectivity index (χ0n) is 11.1. The minimum atomic E-state index is -0.975. The number of hydrogen-bond acceptors (Lipinski definition) is 3. The highest BCUT2D eigenvalue weighted by atomic mass is 16.5. The molecule has 0 amide bonds. The molecular formula is C17H12O4. The fourth-order valence-electron chi connectivity index (χ4n) is 2.27. The highest BCUT2D eigenvalue weighted by Crippen LogP contribution is 2.28. The van der Waals surface area contributed by atoms with E-state index in [1.165, 1.54) is 12.1 Å². The van der Waals surface area contributed by atoms with E-state index in [2.05, 4.69) is 0 Å². The third-order valence-electron chi connectivity index (χ3n) is 3.35. The van der Waals surface area contributed by atoms with Crippen LogP contribution >= 0.6 is 0 Å². The zero-order chi connectivity index (χ0) is 14.8. The molecule has 3 rings (SSSR count). The summed E-state index contributed by atoms with van der Waals surface area (Å²) in [4.78, 5) is 22.8. The molecule has 0 spiro atoms. The highest BCUT2D eigenvalue weighted by Gasteiger charge is 2.22. The number of ether oxygens (including phenoxy) is 1. The minimum absolute atomic E-state index is 0.212. The first-order valence-corrected chi connectivity index (χ1v) is 6.45. The summed E-state index contributed by atoms with van der Waals surface area (Å²) in [6.07, 6.45) is 1.71. The quantitative estimate of drug-likeness (QED) is 0.678. The Morgan fingerprint density at radius 1 is 1.10 bits per heavy atom. The maximum atomic E-state index is 12.0. The lowest BCUT2D eigenvalue weighted by atomic mass is 9.96. The summed E-state index contributed by atoms with van der Waals surface area (Å²) in [5, 5.41) is 8.88. The van der Waals surface area contributed by atoms with Crippen molar-refractivity contribution in [1.29, 1.82) is 0 Å². The van der Waals surface area contributed by atoms with Crippen LogP contribution in [-0.2, 0) is 16.1 Å². The van der Waals surface area contributed by atoms with E-state index < -0.39 is 5.97 Å². The molecule has 0 aromatic heterocycles. The van der Waals surface area contributed by atoms with E-state index in [1.807, 2.05) is 24.3 Å². The molecule has 0 atom stereocenters. The van der Waals surface area contributed by atoms with E-state index in [4.69, 9.17) is 9.84 Å². The van der Waals surface area contributed by atoms with Gasteiger partial charge in [-0.1, -0.05) is 36.4 Å². The Kier molecular flexibility index (Phi) is 3.28. The van der Waals surface area contributed by atoms with Gasteiger partial charge < -0.3 is 9.84 Å². The molecule has 0 unspecified atom stereocenters. The normalized spacial score (nSPS) is 15.4. The molecule has 1 aliphatic heterocycles. The second-order valence-electron chi connectivity index (χ2n) is 4.72. The van der Waals surface area contributed by atoms with Crippen molar-refractivity contribution in [3.8, 4) is 0 Å². The molecule has 0 saturated carbocycles. The van der Waals surface area contributed by atoms with Crippen LogP contribution in [0.15, 0.2) is 48.5 Å². The topological polar surface area (TPSA) is 63.6 Å². The summed E-state index contributed by atoms with van der Waals surface area (Å²) in [5.74, 6) is -1.34. The highest BCUT2D eigenvalue weighted by molar-refractivity contribution is 6.22. The third-order valence-corrected chi connectivity index (χ3v) is 3.35. The Balaban J connectivity index is 2.02. The fraction of sp³-hybridized carbons (Fsp3) is 0.0588. The van der Waals surface area contributed by atoms with Gasteiger partial charge in [0.25, 0.3) is 0 Å². The van der Waals surface area contributed by atoms with Crippen LogP contribution in [-0.4, -0.2) is 17.0 Å². The van der Waals surface area contributed by atoms with Crippen molar-refractivity contribution in [1.82, 2.24) is 0 Å². The van der Waals surface area contributed by atoms with Crippen molar-refractivity contribution in [2.75, 3.05) is 0 Å². The summed E-state index contributed by atoms with van der Waals surface area (Å²) < 4.78 is 5.15. The molecule has 104 valence electrons. The summed E-state index contributed by atoms with van der Waals surface area (Å²) >= 11 is 0. The molecule has 0 radical (unpaired) electrons. The number of cyclic esters (lactones) is 1. The predicted molar refractivity (Wildman–Crippen MR) is 77.5 cm³/mol. The number of carboxylic acid groups (broad SMARTS) is 1. The SMILES string of the molecule is O=C1OCc2ccccc2/C1=C\c1ccc(C(=O)O)cc1. The number of carbonyl (C=O) groups is 2. The molecule has 2 aromatic rings. The van der Waals surface area contributed by atoms with Gasteiger partial charge in [-0.3, -0.25) is 0 Å². The van der Waals surface area contributed by atoms with Gasteiger partial charge in [0.15, 0.2) is 0 Å². The molecule has 4 nitrogen and oxygen atoms in total. The molecule has 1 N–H and O–H groups in total. The van der Waals surface area contributed by atoms with Crippen molar-refractivity contribution < 1.29 is 19.4 Å². The number of rotatable bonds is 2. The standard InChI is InChI=1S/C17H12O4/c18-16(19)12-7-5-11(6-8-12)9-15-14-4-2-1-3-13(14)10-21-17(15)20/h1-9H,10H2,(H,18,19)/b15-9+.